The number of benzene rings is 1. The molecule has 5 nitrogen and oxygen atoms in total. The molecule has 0 saturated heterocycles. The second kappa shape index (κ2) is 5.53. The molecular weight excluding hydrogens is 232 g/mol. The van der Waals surface area contributed by atoms with Gasteiger partial charge in [-0.25, -0.2) is 4.79 Å². The first-order valence-electron chi connectivity index (χ1n) is 5.64. The molecule has 2 N–H and O–H groups in total. The first-order valence-corrected chi connectivity index (χ1v) is 5.64. The molecule has 0 aliphatic heterocycles. The van der Waals surface area contributed by atoms with Crippen molar-refractivity contribution >= 4 is 23.4 Å². The van der Waals surface area contributed by atoms with Crippen LogP contribution in [0.5, 0.6) is 0 Å². The van der Waals surface area contributed by atoms with E-state index in [1.165, 1.54) is 6.92 Å². The molecule has 0 spiro atoms. The second-order valence-corrected chi connectivity index (χ2v) is 4.89. The lowest BCUT2D eigenvalue weighted by molar-refractivity contribution is -0.114. The molecule has 0 fully saturated rings. The van der Waals surface area contributed by atoms with E-state index in [0.29, 0.717) is 11.4 Å². The average molecular weight is 250 g/mol. The summed E-state index contributed by atoms with van der Waals surface area (Å²) in [5.74, 6) is -0.163. The van der Waals surface area contributed by atoms with Crippen molar-refractivity contribution in [1.29, 1.82) is 0 Å². The van der Waals surface area contributed by atoms with E-state index in [-0.39, 0.29) is 5.91 Å². The first kappa shape index (κ1) is 14.0. The zero-order valence-corrected chi connectivity index (χ0v) is 11.0. The summed E-state index contributed by atoms with van der Waals surface area (Å²) in [5.41, 5.74) is 0.644. The molecule has 98 valence electrons. The van der Waals surface area contributed by atoms with E-state index in [9.17, 15) is 9.59 Å². The monoisotopic (exact) mass is 250 g/mol. The molecule has 0 saturated carbocycles. The van der Waals surface area contributed by atoms with Gasteiger partial charge in [0.15, 0.2) is 0 Å². The van der Waals surface area contributed by atoms with Gasteiger partial charge in [0.2, 0.25) is 5.91 Å². The van der Waals surface area contributed by atoms with E-state index in [0.717, 1.165) is 0 Å². The predicted octanol–water partition coefficient (Wildman–Crippen LogP) is 2.99. The Morgan fingerprint density at radius 2 is 1.67 bits per heavy atom. The van der Waals surface area contributed by atoms with Crippen molar-refractivity contribution in [2.45, 2.75) is 33.3 Å². The maximum absolute atomic E-state index is 11.5. The Balaban J connectivity index is 2.67. The van der Waals surface area contributed by atoms with Crippen LogP contribution in [0.1, 0.15) is 27.7 Å². The number of hydrogen-bond donors (Lipinski definition) is 2. The number of carbonyl (C=O) groups is 2. The highest BCUT2D eigenvalue weighted by atomic mass is 16.6. The third-order valence-corrected chi connectivity index (χ3v) is 1.83. The lowest BCUT2D eigenvalue weighted by atomic mass is 10.2. The Hall–Kier alpha value is -2.04. The van der Waals surface area contributed by atoms with Crippen molar-refractivity contribution in [3.8, 4) is 0 Å². The normalized spacial score (nSPS) is 10.7. The van der Waals surface area contributed by atoms with Gasteiger partial charge in [0.1, 0.15) is 5.60 Å². The molecule has 1 rings (SSSR count). The molecule has 0 aliphatic rings. The van der Waals surface area contributed by atoms with E-state index in [1.54, 1.807) is 45.0 Å². The van der Waals surface area contributed by atoms with Crippen LogP contribution in [0.2, 0.25) is 0 Å². The minimum Gasteiger partial charge on any atom is -0.444 e. The SMILES string of the molecule is CC(=O)Nc1cccc(NC(=O)OC(C)(C)C)c1. The van der Waals surface area contributed by atoms with Gasteiger partial charge < -0.3 is 10.1 Å². The Kier molecular flexibility index (Phi) is 4.31. The number of anilines is 2. The van der Waals surface area contributed by atoms with Crippen LogP contribution >= 0.6 is 0 Å². The first-order chi connectivity index (χ1) is 8.26. The quantitative estimate of drug-likeness (QED) is 0.847. The third-order valence-electron chi connectivity index (χ3n) is 1.83. The molecular formula is C13H18N2O3. The number of ether oxygens (including phenoxy) is 1. The molecule has 0 radical (unpaired) electrons. The Morgan fingerprint density at radius 1 is 1.11 bits per heavy atom. The minimum absolute atomic E-state index is 0.163. The summed E-state index contributed by atoms with van der Waals surface area (Å²) < 4.78 is 5.13. The molecule has 0 unspecified atom stereocenters. The molecule has 0 heterocycles. The molecule has 1 aromatic carbocycles. The highest BCUT2D eigenvalue weighted by molar-refractivity contribution is 5.91. The third kappa shape index (κ3) is 5.34. The number of carbonyl (C=O) groups excluding carboxylic acids is 2. The summed E-state index contributed by atoms with van der Waals surface area (Å²) in [6.07, 6.45) is -0.525. The lowest BCUT2D eigenvalue weighted by Crippen LogP contribution is -2.27. The standard InChI is InChI=1S/C13H18N2O3/c1-9(16)14-10-6-5-7-11(8-10)15-12(17)18-13(2,3)4/h5-8H,1-4H3,(H,14,16)(H,15,17). The zero-order chi connectivity index (χ0) is 13.8. The van der Waals surface area contributed by atoms with Gasteiger partial charge in [0.25, 0.3) is 0 Å². The molecule has 0 atom stereocenters. The zero-order valence-electron chi connectivity index (χ0n) is 11.0. The predicted molar refractivity (Wildman–Crippen MR) is 70.6 cm³/mol. The van der Waals surface area contributed by atoms with Crippen molar-refractivity contribution in [2.24, 2.45) is 0 Å². The maximum atomic E-state index is 11.5. The maximum Gasteiger partial charge on any atom is 0.412 e. The van der Waals surface area contributed by atoms with Gasteiger partial charge in [-0.15, -0.1) is 0 Å². The molecule has 0 aliphatic carbocycles. The van der Waals surface area contributed by atoms with Crippen LogP contribution in [0.25, 0.3) is 0 Å². The van der Waals surface area contributed by atoms with Crippen LogP contribution in [0, 0.1) is 0 Å². The lowest BCUT2D eigenvalue weighted by Gasteiger charge is -2.19. The van der Waals surface area contributed by atoms with E-state index in [2.05, 4.69) is 10.6 Å². The number of rotatable bonds is 2. The molecule has 1 aromatic rings. The molecule has 2 amide bonds. The highest BCUT2D eigenvalue weighted by Gasteiger charge is 2.16. The van der Waals surface area contributed by atoms with Crippen molar-refractivity contribution in [3.05, 3.63) is 24.3 Å². The van der Waals surface area contributed by atoms with Crippen molar-refractivity contribution in [1.82, 2.24) is 0 Å². The molecule has 0 aromatic heterocycles. The highest BCUT2D eigenvalue weighted by Crippen LogP contribution is 2.16. The summed E-state index contributed by atoms with van der Waals surface area (Å²) >= 11 is 0. The number of amides is 2. The van der Waals surface area contributed by atoms with Crippen LogP contribution in [0.3, 0.4) is 0 Å². The number of nitrogens with one attached hydrogen (secondary N) is 2. The van der Waals surface area contributed by atoms with Gasteiger partial charge in [-0.05, 0) is 39.0 Å². The van der Waals surface area contributed by atoms with E-state index in [4.69, 9.17) is 4.74 Å². The Bertz CT molecular complexity index is 450. The van der Waals surface area contributed by atoms with Gasteiger partial charge >= 0.3 is 6.09 Å². The minimum atomic E-state index is -0.542. The van der Waals surface area contributed by atoms with Gasteiger partial charge in [0, 0.05) is 18.3 Å². The largest absolute Gasteiger partial charge is 0.444 e. The summed E-state index contributed by atoms with van der Waals surface area (Å²) in [5, 5.41) is 5.24. The van der Waals surface area contributed by atoms with E-state index in [1.807, 2.05) is 0 Å². The van der Waals surface area contributed by atoms with Crippen LogP contribution in [0.15, 0.2) is 24.3 Å². The van der Waals surface area contributed by atoms with Crippen LogP contribution in [0.4, 0.5) is 16.2 Å². The van der Waals surface area contributed by atoms with E-state index >= 15 is 0 Å². The topological polar surface area (TPSA) is 67.4 Å². The van der Waals surface area contributed by atoms with Crippen molar-refractivity contribution in [3.63, 3.8) is 0 Å². The summed E-state index contributed by atoms with van der Waals surface area (Å²) in [6, 6.07) is 6.85. The molecule has 18 heavy (non-hydrogen) atoms. The Morgan fingerprint density at radius 3 is 2.17 bits per heavy atom. The van der Waals surface area contributed by atoms with Gasteiger partial charge in [-0.1, -0.05) is 6.07 Å². The second-order valence-electron chi connectivity index (χ2n) is 4.89. The van der Waals surface area contributed by atoms with Gasteiger partial charge in [0.05, 0.1) is 0 Å². The summed E-state index contributed by atoms with van der Waals surface area (Å²) in [4.78, 5) is 22.5. The fourth-order valence-corrected chi connectivity index (χ4v) is 1.30. The fraction of sp³-hybridized carbons (Fsp3) is 0.385. The van der Waals surface area contributed by atoms with E-state index < -0.39 is 11.7 Å². The van der Waals surface area contributed by atoms with Gasteiger partial charge in [-0.3, -0.25) is 10.1 Å². The van der Waals surface area contributed by atoms with Gasteiger partial charge in [-0.2, -0.15) is 0 Å². The van der Waals surface area contributed by atoms with Crippen LogP contribution < -0.4 is 10.6 Å². The molecule has 0 bridgehead atoms. The average Bonchev–Trinajstić information content (AvgIpc) is 2.13. The summed E-state index contributed by atoms with van der Waals surface area (Å²) in [6.45, 7) is 6.80. The Labute approximate surface area is 107 Å². The van der Waals surface area contributed by atoms with Crippen LogP contribution in [-0.4, -0.2) is 17.6 Å². The van der Waals surface area contributed by atoms with Crippen molar-refractivity contribution < 1.29 is 14.3 Å². The summed E-state index contributed by atoms with van der Waals surface area (Å²) in [7, 11) is 0. The van der Waals surface area contributed by atoms with Crippen LogP contribution in [-0.2, 0) is 9.53 Å². The van der Waals surface area contributed by atoms with Crippen molar-refractivity contribution in [2.75, 3.05) is 10.6 Å². The number of hydrogen-bond acceptors (Lipinski definition) is 3. The smallest absolute Gasteiger partial charge is 0.412 e. The fourth-order valence-electron chi connectivity index (χ4n) is 1.30. The molecule has 5 heteroatoms.